The van der Waals surface area contributed by atoms with Crippen LogP contribution in [0.1, 0.15) is 36.9 Å². The van der Waals surface area contributed by atoms with Crippen LogP contribution in [0.2, 0.25) is 5.02 Å². The summed E-state index contributed by atoms with van der Waals surface area (Å²) in [6.45, 7) is 1.57. The quantitative estimate of drug-likeness (QED) is 0.585. The molecule has 150 valence electrons. The van der Waals surface area contributed by atoms with E-state index in [1.54, 1.807) is 37.3 Å². The normalized spacial score (nSPS) is 22.2. The van der Waals surface area contributed by atoms with E-state index < -0.39 is 23.8 Å². The van der Waals surface area contributed by atoms with Crippen LogP contribution >= 0.6 is 11.6 Å². The SMILES string of the molecule is C[C@H](c1ccccc1)N1C(=O)Nc2ccc(Cl)cc2[C@]1(C#CC1CC1)C(F)(F)F. The molecule has 1 aliphatic carbocycles. The number of hydrogen-bond donors (Lipinski definition) is 1. The molecule has 2 amide bonds. The molecule has 1 N–H and O–H groups in total. The summed E-state index contributed by atoms with van der Waals surface area (Å²) in [4.78, 5) is 13.8. The van der Waals surface area contributed by atoms with E-state index in [0.29, 0.717) is 5.56 Å². The van der Waals surface area contributed by atoms with E-state index in [4.69, 9.17) is 11.6 Å². The first-order chi connectivity index (χ1) is 13.7. The number of hydrogen-bond acceptors (Lipinski definition) is 1. The molecule has 0 radical (unpaired) electrons. The highest BCUT2D eigenvalue weighted by Crippen LogP contribution is 2.52. The Balaban J connectivity index is 1.99. The standard InChI is InChI=1S/C22H18ClF3N2O/c1-14(16-5-3-2-4-6-16)28-20(29)27-19-10-9-17(23)13-18(19)21(28,22(24,25)26)12-11-15-7-8-15/h2-6,9-10,13-15H,7-8H2,1H3,(H,27,29)/t14-,21-/m1/s1. The topological polar surface area (TPSA) is 32.3 Å². The lowest BCUT2D eigenvalue weighted by molar-refractivity contribution is -0.212. The second-order valence-corrected chi connectivity index (χ2v) is 7.76. The summed E-state index contributed by atoms with van der Waals surface area (Å²) in [5.74, 6) is 5.17. The molecule has 1 aliphatic heterocycles. The van der Waals surface area contributed by atoms with E-state index in [1.165, 1.54) is 18.2 Å². The number of nitrogens with zero attached hydrogens (tertiary/aromatic N) is 1. The molecular formula is C22H18ClF3N2O. The van der Waals surface area contributed by atoms with Gasteiger partial charge >= 0.3 is 12.2 Å². The van der Waals surface area contributed by atoms with Gasteiger partial charge in [-0.05, 0) is 43.5 Å². The number of alkyl halides is 3. The molecule has 0 aromatic heterocycles. The van der Waals surface area contributed by atoms with Gasteiger partial charge in [0, 0.05) is 22.2 Å². The minimum Gasteiger partial charge on any atom is -0.307 e. The average molecular weight is 419 g/mol. The molecule has 1 saturated carbocycles. The Bertz CT molecular complexity index is 1010. The molecule has 3 nitrogen and oxygen atoms in total. The van der Waals surface area contributed by atoms with Gasteiger partial charge in [-0.2, -0.15) is 13.2 Å². The highest BCUT2D eigenvalue weighted by molar-refractivity contribution is 6.30. The Labute approximate surface area is 171 Å². The van der Waals surface area contributed by atoms with Crippen LogP contribution in [0.15, 0.2) is 48.5 Å². The molecule has 2 aromatic rings. The number of urea groups is 1. The van der Waals surface area contributed by atoms with Gasteiger partial charge in [0.1, 0.15) is 0 Å². The van der Waals surface area contributed by atoms with Crippen molar-refractivity contribution in [2.75, 3.05) is 5.32 Å². The van der Waals surface area contributed by atoms with Crippen molar-refractivity contribution >= 4 is 23.3 Å². The monoisotopic (exact) mass is 418 g/mol. The summed E-state index contributed by atoms with van der Waals surface area (Å²) < 4.78 is 44.4. The van der Waals surface area contributed by atoms with Crippen LogP contribution in [0.5, 0.6) is 0 Å². The summed E-state index contributed by atoms with van der Waals surface area (Å²) >= 11 is 6.06. The van der Waals surface area contributed by atoms with E-state index in [9.17, 15) is 18.0 Å². The maximum absolute atomic E-state index is 14.8. The molecule has 7 heteroatoms. The first-order valence-corrected chi connectivity index (χ1v) is 9.66. The smallest absolute Gasteiger partial charge is 0.307 e. The van der Waals surface area contributed by atoms with Crippen LogP contribution < -0.4 is 5.32 Å². The molecule has 2 atom stereocenters. The van der Waals surface area contributed by atoms with Crippen molar-refractivity contribution in [3.8, 4) is 11.8 Å². The Morgan fingerprint density at radius 2 is 1.90 bits per heavy atom. The van der Waals surface area contributed by atoms with Crippen molar-refractivity contribution in [1.82, 2.24) is 4.90 Å². The van der Waals surface area contributed by atoms with Gasteiger partial charge in [0.2, 0.25) is 5.54 Å². The molecule has 1 heterocycles. The van der Waals surface area contributed by atoms with Crippen LogP contribution in [-0.2, 0) is 5.54 Å². The predicted octanol–water partition coefficient (Wildman–Crippen LogP) is 6.12. The van der Waals surface area contributed by atoms with Gasteiger partial charge in [-0.1, -0.05) is 53.8 Å². The average Bonchev–Trinajstić information content (AvgIpc) is 3.50. The fourth-order valence-corrected chi connectivity index (χ4v) is 3.82. The lowest BCUT2D eigenvalue weighted by Crippen LogP contribution is -2.62. The number of nitrogens with one attached hydrogen (secondary N) is 1. The Hall–Kier alpha value is -2.65. The van der Waals surface area contributed by atoms with Gasteiger partial charge in [-0.3, -0.25) is 4.90 Å². The minimum absolute atomic E-state index is 0.0679. The fourth-order valence-electron chi connectivity index (χ4n) is 3.65. The van der Waals surface area contributed by atoms with Crippen molar-refractivity contribution in [3.05, 3.63) is 64.7 Å². The lowest BCUT2D eigenvalue weighted by Gasteiger charge is -2.48. The molecule has 0 unspecified atom stereocenters. The Morgan fingerprint density at radius 1 is 1.21 bits per heavy atom. The fraction of sp³-hybridized carbons (Fsp3) is 0.318. The van der Waals surface area contributed by atoms with E-state index in [-0.39, 0.29) is 22.2 Å². The van der Waals surface area contributed by atoms with Crippen LogP contribution in [-0.4, -0.2) is 17.1 Å². The van der Waals surface area contributed by atoms with Crippen LogP contribution in [0, 0.1) is 17.8 Å². The number of carbonyl (C=O) groups is 1. The zero-order valence-electron chi connectivity index (χ0n) is 15.6. The highest BCUT2D eigenvalue weighted by atomic mass is 35.5. The first kappa shape index (κ1) is 19.7. The third kappa shape index (κ3) is 3.34. The summed E-state index contributed by atoms with van der Waals surface area (Å²) in [5, 5.41) is 2.73. The maximum atomic E-state index is 14.8. The molecule has 29 heavy (non-hydrogen) atoms. The van der Waals surface area contributed by atoms with E-state index >= 15 is 0 Å². The van der Waals surface area contributed by atoms with Crippen LogP contribution in [0.25, 0.3) is 0 Å². The molecule has 2 aromatic carbocycles. The number of anilines is 1. The van der Waals surface area contributed by atoms with Gasteiger partial charge < -0.3 is 5.32 Å². The van der Waals surface area contributed by atoms with Crippen molar-refractivity contribution in [2.24, 2.45) is 5.92 Å². The van der Waals surface area contributed by atoms with Crippen molar-refractivity contribution in [1.29, 1.82) is 0 Å². The van der Waals surface area contributed by atoms with Gasteiger partial charge in [-0.25, -0.2) is 4.79 Å². The summed E-state index contributed by atoms with van der Waals surface area (Å²) in [6.07, 6.45) is -3.30. The number of benzene rings is 2. The van der Waals surface area contributed by atoms with Crippen molar-refractivity contribution < 1.29 is 18.0 Å². The zero-order valence-corrected chi connectivity index (χ0v) is 16.3. The molecule has 0 spiro atoms. The number of carbonyl (C=O) groups excluding carboxylic acids is 1. The number of amides is 2. The third-order valence-electron chi connectivity index (χ3n) is 5.31. The van der Waals surface area contributed by atoms with Crippen LogP contribution in [0.3, 0.4) is 0 Å². The molecule has 2 aliphatic rings. The summed E-state index contributed by atoms with van der Waals surface area (Å²) in [6, 6.07) is 11.0. The van der Waals surface area contributed by atoms with Crippen molar-refractivity contribution in [2.45, 2.75) is 37.5 Å². The van der Waals surface area contributed by atoms with Gasteiger partial charge in [0.15, 0.2) is 0 Å². The van der Waals surface area contributed by atoms with Crippen LogP contribution in [0.4, 0.5) is 23.7 Å². The largest absolute Gasteiger partial charge is 0.427 e. The Morgan fingerprint density at radius 3 is 2.52 bits per heavy atom. The van der Waals surface area contributed by atoms with Gasteiger partial charge in [0.25, 0.3) is 0 Å². The second kappa shape index (κ2) is 7.00. The first-order valence-electron chi connectivity index (χ1n) is 9.29. The lowest BCUT2D eigenvalue weighted by atomic mass is 9.82. The third-order valence-corrected chi connectivity index (χ3v) is 5.54. The number of fused-ring (bicyclic) bond motifs is 1. The highest BCUT2D eigenvalue weighted by Gasteiger charge is 2.64. The Kier molecular flexibility index (Phi) is 4.74. The molecule has 0 bridgehead atoms. The molecule has 4 rings (SSSR count). The summed E-state index contributed by atoms with van der Waals surface area (Å²) in [7, 11) is 0. The molecule has 1 fully saturated rings. The molecular weight excluding hydrogens is 401 g/mol. The van der Waals surface area contributed by atoms with Crippen molar-refractivity contribution in [3.63, 3.8) is 0 Å². The van der Waals surface area contributed by atoms with Gasteiger partial charge in [-0.15, -0.1) is 0 Å². The van der Waals surface area contributed by atoms with E-state index in [0.717, 1.165) is 17.7 Å². The number of halogens is 4. The summed E-state index contributed by atoms with van der Waals surface area (Å²) in [5.41, 5.74) is -2.31. The van der Waals surface area contributed by atoms with E-state index in [2.05, 4.69) is 17.2 Å². The van der Waals surface area contributed by atoms with Gasteiger partial charge in [0.05, 0.1) is 6.04 Å². The molecule has 0 saturated heterocycles. The number of rotatable bonds is 2. The maximum Gasteiger partial charge on any atom is 0.427 e. The van der Waals surface area contributed by atoms with E-state index in [1.807, 2.05) is 0 Å². The predicted molar refractivity (Wildman–Crippen MR) is 105 cm³/mol. The zero-order chi connectivity index (χ0) is 20.8. The second-order valence-electron chi connectivity index (χ2n) is 7.33. The minimum atomic E-state index is -4.84.